The Morgan fingerprint density at radius 3 is 2.29 bits per heavy atom. The van der Waals surface area contributed by atoms with Crippen molar-refractivity contribution in [3.05, 3.63) is 0 Å². The minimum absolute atomic E-state index is 0.926. The van der Waals surface area contributed by atoms with Crippen LogP contribution in [-0.2, 0) is 0 Å². The molecular weight excluding hydrogens is 170 g/mol. The number of hydrogen-bond acceptors (Lipinski definition) is 1. The molecule has 1 heteroatoms. The Balaban J connectivity index is 2.35. The van der Waals surface area contributed by atoms with E-state index < -0.39 is 0 Å². The van der Waals surface area contributed by atoms with Gasteiger partial charge in [-0.3, -0.25) is 0 Å². The average Bonchev–Trinajstić information content (AvgIpc) is 2.26. The lowest BCUT2D eigenvalue weighted by Gasteiger charge is -2.31. The van der Waals surface area contributed by atoms with Crippen LogP contribution in [0.4, 0.5) is 0 Å². The Morgan fingerprint density at radius 1 is 1.14 bits per heavy atom. The van der Waals surface area contributed by atoms with Gasteiger partial charge in [-0.1, -0.05) is 33.6 Å². The van der Waals surface area contributed by atoms with Crippen molar-refractivity contribution in [2.75, 3.05) is 13.1 Å². The molecule has 0 aromatic rings. The standard InChI is InChI=1S/C13H27N/c1-4-11(3)10-12(5-2)13-6-8-14-9-7-13/h11-14H,4-10H2,1-3H3/t11-,12?/m1/s1. The molecule has 1 saturated heterocycles. The molecule has 0 amide bonds. The van der Waals surface area contributed by atoms with E-state index in [0.29, 0.717) is 0 Å². The van der Waals surface area contributed by atoms with E-state index in [1.807, 2.05) is 0 Å². The summed E-state index contributed by atoms with van der Waals surface area (Å²) < 4.78 is 0. The first-order valence-corrected chi connectivity index (χ1v) is 6.48. The molecule has 1 N–H and O–H groups in total. The largest absolute Gasteiger partial charge is 0.317 e. The highest BCUT2D eigenvalue weighted by Crippen LogP contribution is 2.30. The van der Waals surface area contributed by atoms with Crippen molar-refractivity contribution in [1.29, 1.82) is 0 Å². The van der Waals surface area contributed by atoms with E-state index in [-0.39, 0.29) is 0 Å². The van der Waals surface area contributed by atoms with Crippen LogP contribution in [-0.4, -0.2) is 13.1 Å². The maximum absolute atomic E-state index is 3.46. The molecule has 0 saturated carbocycles. The summed E-state index contributed by atoms with van der Waals surface area (Å²) in [4.78, 5) is 0. The van der Waals surface area contributed by atoms with Crippen LogP contribution in [0.3, 0.4) is 0 Å². The third-order valence-electron chi connectivity index (χ3n) is 3.98. The van der Waals surface area contributed by atoms with Gasteiger partial charge in [0.05, 0.1) is 0 Å². The summed E-state index contributed by atoms with van der Waals surface area (Å²) >= 11 is 0. The van der Waals surface area contributed by atoms with Gasteiger partial charge < -0.3 is 5.32 Å². The molecule has 84 valence electrons. The molecule has 1 fully saturated rings. The third-order valence-corrected chi connectivity index (χ3v) is 3.98. The Bertz CT molecular complexity index is 138. The molecule has 0 aromatic heterocycles. The summed E-state index contributed by atoms with van der Waals surface area (Å²) in [6, 6.07) is 0. The van der Waals surface area contributed by atoms with Crippen LogP contribution in [0, 0.1) is 17.8 Å². The van der Waals surface area contributed by atoms with Crippen molar-refractivity contribution in [2.45, 2.75) is 52.9 Å². The fourth-order valence-electron chi connectivity index (χ4n) is 2.69. The van der Waals surface area contributed by atoms with E-state index in [9.17, 15) is 0 Å². The lowest BCUT2D eigenvalue weighted by atomic mass is 9.78. The summed E-state index contributed by atoms with van der Waals surface area (Å²) in [7, 11) is 0. The molecule has 1 rings (SSSR count). The molecule has 0 aliphatic carbocycles. The normalized spacial score (nSPS) is 23.4. The summed E-state index contributed by atoms with van der Waals surface area (Å²) in [5.41, 5.74) is 0. The highest BCUT2D eigenvalue weighted by atomic mass is 14.9. The van der Waals surface area contributed by atoms with E-state index in [0.717, 1.165) is 17.8 Å². The van der Waals surface area contributed by atoms with Crippen molar-refractivity contribution in [2.24, 2.45) is 17.8 Å². The summed E-state index contributed by atoms with van der Waals surface area (Å²) in [6.45, 7) is 9.60. The molecule has 0 bridgehead atoms. The first kappa shape index (κ1) is 12.0. The van der Waals surface area contributed by atoms with E-state index in [1.165, 1.54) is 45.2 Å². The smallest absolute Gasteiger partial charge is 0.00462 e. The Labute approximate surface area is 89.7 Å². The molecule has 0 aromatic carbocycles. The van der Waals surface area contributed by atoms with Crippen LogP contribution in [0.1, 0.15) is 52.9 Å². The van der Waals surface area contributed by atoms with Crippen LogP contribution in [0.15, 0.2) is 0 Å². The first-order chi connectivity index (χ1) is 6.77. The predicted molar refractivity (Wildman–Crippen MR) is 63.4 cm³/mol. The SMILES string of the molecule is CCC(C[C@H](C)CC)C1CCNCC1. The van der Waals surface area contributed by atoms with Crippen molar-refractivity contribution < 1.29 is 0 Å². The van der Waals surface area contributed by atoms with Crippen LogP contribution >= 0.6 is 0 Å². The first-order valence-electron chi connectivity index (χ1n) is 6.48. The molecule has 2 atom stereocenters. The zero-order valence-corrected chi connectivity index (χ0v) is 10.2. The molecule has 1 aliphatic rings. The molecule has 14 heavy (non-hydrogen) atoms. The number of hydrogen-bond donors (Lipinski definition) is 1. The van der Waals surface area contributed by atoms with Crippen LogP contribution in [0.25, 0.3) is 0 Å². The van der Waals surface area contributed by atoms with Crippen LogP contribution < -0.4 is 5.32 Å². The lowest BCUT2D eigenvalue weighted by Crippen LogP contribution is -2.32. The van der Waals surface area contributed by atoms with Gasteiger partial charge in [0, 0.05) is 0 Å². The number of nitrogens with one attached hydrogen (secondary N) is 1. The average molecular weight is 197 g/mol. The van der Waals surface area contributed by atoms with Gasteiger partial charge in [-0.2, -0.15) is 0 Å². The van der Waals surface area contributed by atoms with Crippen molar-refractivity contribution >= 4 is 0 Å². The minimum atomic E-state index is 0.926. The van der Waals surface area contributed by atoms with E-state index in [2.05, 4.69) is 26.1 Å². The van der Waals surface area contributed by atoms with Crippen molar-refractivity contribution in [3.63, 3.8) is 0 Å². The summed E-state index contributed by atoms with van der Waals surface area (Å²) in [5.74, 6) is 2.93. The minimum Gasteiger partial charge on any atom is -0.317 e. The van der Waals surface area contributed by atoms with Crippen LogP contribution in [0.2, 0.25) is 0 Å². The maximum Gasteiger partial charge on any atom is -0.00462 e. The molecule has 0 radical (unpaired) electrons. The fourth-order valence-corrected chi connectivity index (χ4v) is 2.69. The Kier molecular flexibility index (Phi) is 5.54. The number of rotatable bonds is 5. The quantitative estimate of drug-likeness (QED) is 0.712. The van der Waals surface area contributed by atoms with E-state index >= 15 is 0 Å². The van der Waals surface area contributed by atoms with Gasteiger partial charge in [-0.25, -0.2) is 0 Å². The van der Waals surface area contributed by atoms with Gasteiger partial charge >= 0.3 is 0 Å². The zero-order chi connectivity index (χ0) is 10.4. The molecular formula is C13H27N. The zero-order valence-electron chi connectivity index (χ0n) is 10.2. The topological polar surface area (TPSA) is 12.0 Å². The van der Waals surface area contributed by atoms with Crippen molar-refractivity contribution in [1.82, 2.24) is 5.32 Å². The van der Waals surface area contributed by atoms with Gasteiger partial charge in [-0.05, 0) is 50.1 Å². The highest BCUT2D eigenvalue weighted by Gasteiger charge is 2.22. The monoisotopic (exact) mass is 197 g/mol. The fraction of sp³-hybridized carbons (Fsp3) is 1.00. The molecule has 1 nitrogen and oxygen atoms in total. The highest BCUT2D eigenvalue weighted by molar-refractivity contribution is 4.76. The number of piperidine rings is 1. The third kappa shape index (κ3) is 3.61. The Hall–Kier alpha value is -0.0400. The lowest BCUT2D eigenvalue weighted by molar-refractivity contribution is 0.215. The predicted octanol–water partition coefficient (Wildman–Crippen LogP) is 3.45. The van der Waals surface area contributed by atoms with Gasteiger partial charge in [0.25, 0.3) is 0 Å². The Morgan fingerprint density at radius 2 is 1.79 bits per heavy atom. The van der Waals surface area contributed by atoms with Gasteiger partial charge in [-0.15, -0.1) is 0 Å². The van der Waals surface area contributed by atoms with E-state index in [1.54, 1.807) is 0 Å². The van der Waals surface area contributed by atoms with Gasteiger partial charge in [0.1, 0.15) is 0 Å². The second kappa shape index (κ2) is 6.44. The second-order valence-electron chi connectivity index (χ2n) is 5.00. The summed E-state index contributed by atoms with van der Waals surface area (Å²) in [5, 5.41) is 3.46. The summed E-state index contributed by atoms with van der Waals surface area (Å²) in [6.07, 6.45) is 7.01. The van der Waals surface area contributed by atoms with Crippen LogP contribution in [0.5, 0.6) is 0 Å². The molecule has 1 heterocycles. The van der Waals surface area contributed by atoms with Gasteiger partial charge in [0.2, 0.25) is 0 Å². The maximum atomic E-state index is 3.46. The van der Waals surface area contributed by atoms with Crippen molar-refractivity contribution in [3.8, 4) is 0 Å². The molecule has 1 aliphatic heterocycles. The molecule has 0 spiro atoms. The molecule has 1 unspecified atom stereocenters. The van der Waals surface area contributed by atoms with E-state index in [4.69, 9.17) is 0 Å². The second-order valence-corrected chi connectivity index (χ2v) is 5.00. The van der Waals surface area contributed by atoms with Gasteiger partial charge in [0.15, 0.2) is 0 Å².